The largest absolute Gasteiger partial charge is 0.491 e. The predicted octanol–water partition coefficient (Wildman–Crippen LogP) is 4.19. The third-order valence-corrected chi connectivity index (χ3v) is 5.65. The summed E-state index contributed by atoms with van der Waals surface area (Å²) in [5.74, 6) is 0.740. The van der Waals surface area contributed by atoms with Gasteiger partial charge in [-0.05, 0) is 64.3 Å². The normalized spacial score (nSPS) is 12.1. The van der Waals surface area contributed by atoms with Crippen LogP contribution in [0.2, 0.25) is 0 Å². The summed E-state index contributed by atoms with van der Waals surface area (Å²) in [6.07, 6.45) is -0.724. The van der Waals surface area contributed by atoms with E-state index in [0.29, 0.717) is 11.1 Å². The minimum atomic E-state index is -0.724. The number of ether oxygens (including phenoxy) is 1. The molecule has 0 fully saturated rings. The molecule has 1 N–H and O–H groups in total. The van der Waals surface area contributed by atoms with Crippen molar-refractivity contribution in [3.8, 4) is 5.75 Å². The highest BCUT2D eigenvalue weighted by atomic mass is 35.5. The number of fused-ring (bicyclic) bond motifs is 2. The van der Waals surface area contributed by atoms with Gasteiger partial charge in [0.25, 0.3) is 0 Å². The van der Waals surface area contributed by atoms with Crippen molar-refractivity contribution in [2.45, 2.75) is 20.0 Å². The van der Waals surface area contributed by atoms with Crippen LogP contribution >= 0.6 is 22.9 Å². The van der Waals surface area contributed by atoms with Crippen molar-refractivity contribution in [1.82, 2.24) is 4.90 Å². The number of alkyl halides is 1. The van der Waals surface area contributed by atoms with Crippen molar-refractivity contribution in [2.75, 3.05) is 33.6 Å². The van der Waals surface area contributed by atoms with Crippen LogP contribution in [0.15, 0.2) is 35.1 Å². The summed E-state index contributed by atoms with van der Waals surface area (Å²) in [5.41, 5.74) is 2.02. The Kier molecular flexibility index (Phi) is 7.62. The van der Waals surface area contributed by atoms with E-state index < -0.39 is 6.10 Å². The number of hydrogen-bond acceptors (Lipinski definition) is 5. The maximum atomic E-state index is 12.8. The van der Waals surface area contributed by atoms with E-state index in [1.165, 1.54) is 0 Å². The highest BCUT2D eigenvalue weighted by molar-refractivity contribution is 7.24. The Balaban J connectivity index is 0.000000596. The average Bonchev–Trinajstić information content (AvgIpc) is 2.63. The molecule has 0 aliphatic carbocycles. The molecule has 27 heavy (non-hydrogen) atoms. The Morgan fingerprint density at radius 3 is 2.41 bits per heavy atom. The zero-order valence-corrected chi connectivity index (χ0v) is 17.9. The first kappa shape index (κ1) is 21.6. The molecule has 6 heteroatoms. The Hall–Kier alpha value is -1.66. The van der Waals surface area contributed by atoms with E-state index in [2.05, 4.69) is 0 Å². The highest BCUT2D eigenvalue weighted by Crippen LogP contribution is 2.33. The summed E-state index contributed by atoms with van der Waals surface area (Å²) in [4.78, 5) is 14.8. The quantitative estimate of drug-likeness (QED) is 0.520. The molecular formula is C21H26ClNO3S. The van der Waals surface area contributed by atoms with Gasteiger partial charge in [-0.15, -0.1) is 22.9 Å². The van der Waals surface area contributed by atoms with Crippen molar-refractivity contribution in [2.24, 2.45) is 0 Å². The van der Waals surface area contributed by atoms with Crippen LogP contribution in [0, 0.1) is 13.8 Å². The molecule has 0 radical (unpaired) electrons. The summed E-state index contributed by atoms with van der Waals surface area (Å²) in [7, 11) is 6.00. The van der Waals surface area contributed by atoms with Crippen molar-refractivity contribution >= 4 is 43.1 Å². The van der Waals surface area contributed by atoms with Crippen LogP contribution in [0.4, 0.5) is 0 Å². The molecule has 0 spiro atoms. The molecule has 0 saturated heterocycles. The predicted molar refractivity (Wildman–Crippen MR) is 117 cm³/mol. The fourth-order valence-corrected chi connectivity index (χ4v) is 3.83. The van der Waals surface area contributed by atoms with Gasteiger partial charge in [0.1, 0.15) is 18.5 Å². The first-order chi connectivity index (χ1) is 12.8. The Morgan fingerprint density at radius 1 is 1.15 bits per heavy atom. The molecule has 1 heterocycles. The van der Waals surface area contributed by atoms with E-state index >= 15 is 0 Å². The van der Waals surface area contributed by atoms with E-state index in [1.807, 2.05) is 64.2 Å². The van der Waals surface area contributed by atoms with Crippen molar-refractivity contribution in [3.63, 3.8) is 0 Å². The summed E-state index contributed by atoms with van der Waals surface area (Å²) >= 11 is 7.21. The Morgan fingerprint density at radius 2 is 1.78 bits per heavy atom. The molecule has 3 aromatic rings. The Bertz CT molecular complexity index is 982. The van der Waals surface area contributed by atoms with Crippen LogP contribution in [0.5, 0.6) is 5.75 Å². The second kappa shape index (κ2) is 9.51. The summed E-state index contributed by atoms with van der Waals surface area (Å²) in [5, 5.41) is 11.0. The van der Waals surface area contributed by atoms with E-state index in [9.17, 15) is 9.90 Å². The van der Waals surface area contributed by atoms with Gasteiger partial charge in [0.2, 0.25) is 0 Å². The molecule has 1 atom stereocenters. The maximum Gasteiger partial charge on any atom is 0.196 e. The summed E-state index contributed by atoms with van der Waals surface area (Å²) in [6, 6.07) is 9.41. The monoisotopic (exact) mass is 407 g/mol. The van der Waals surface area contributed by atoms with Gasteiger partial charge in [-0.3, -0.25) is 4.79 Å². The number of aliphatic hydroxyl groups excluding tert-OH is 1. The standard InChI is InChI=1S/C18H17ClO3S.C3H9N/c1-10-11(2)18-14(7-15(10)22-9-12(20)8-19)17(21)13-5-3-4-6-16(13)23-18;1-4(2)3/h3-7,12,20H,8-9H2,1-2H3;1-3H3. The van der Waals surface area contributed by atoms with Gasteiger partial charge in [0.05, 0.1) is 5.88 Å². The van der Waals surface area contributed by atoms with Crippen LogP contribution in [0.25, 0.3) is 20.2 Å². The number of nitrogens with zero attached hydrogens (tertiary/aromatic N) is 1. The number of aliphatic hydroxyl groups is 1. The number of aryl methyl sites for hydroxylation is 1. The van der Waals surface area contributed by atoms with Crippen molar-refractivity contribution in [3.05, 3.63) is 51.7 Å². The van der Waals surface area contributed by atoms with Crippen molar-refractivity contribution in [1.29, 1.82) is 0 Å². The second-order valence-corrected chi connectivity index (χ2v) is 8.25. The lowest BCUT2D eigenvalue weighted by Gasteiger charge is -2.15. The van der Waals surface area contributed by atoms with Gasteiger partial charge >= 0.3 is 0 Å². The minimum absolute atomic E-state index is 0.0141. The lowest BCUT2D eigenvalue weighted by molar-refractivity contribution is 0.125. The molecule has 0 aliphatic rings. The van der Waals surface area contributed by atoms with E-state index in [1.54, 1.807) is 17.4 Å². The van der Waals surface area contributed by atoms with Gasteiger partial charge in [-0.1, -0.05) is 12.1 Å². The van der Waals surface area contributed by atoms with Gasteiger partial charge in [0, 0.05) is 20.2 Å². The first-order valence-corrected chi connectivity index (χ1v) is 10.0. The molecule has 0 bridgehead atoms. The molecule has 1 unspecified atom stereocenters. The minimum Gasteiger partial charge on any atom is -0.491 e. The fourth-order valence-electron chi connectivity index (χ4n) is 2.54. The lowest BCUT2D eigenvalue weighted by Crippen LogP contribution is -2.19. The van der Waals surface area contributed by atoms with Gasteiger partial charge in [-0.25, -0.2) is 0 Å². The van der Waals surface area contributed by atoms with Crippen LogP contribution in [0.3, 0.4) is 0 Å². The van der Waals surface area contributed by atoms with Crippen LogP contribution in [0.1, 0.15) is 11.1 Å². The van der Waals surface area contributed by atoms with Crippen LogP contribution < -0.4 is 10.2 Å². The average molecular weight is 408 g/mol. The zero-order chi connectivity index (χ0) is 20.1. The summed E-state index contributed by atoms with van der Waals surface area (Å²) < 4.78 is 7.64. The van der Waals surface area contributed by atoms with E-state index in [0.717, 1.165) is 25.9 Å². The molecule has 3 rings (SSSR count). The van der Waals surface area contributed by atoms with E-state index in [-0.39, 0.29) is 17.9 Å². The first-order valence-electron chi connectivity index (χ1n) is 8.69. The van der Waals surface area contributed by atoms with Gasteiger partial charge in [0.15, 0.2) is 5.43 Å². The summed E-state index contributed by atoms with van der Waals surface area (Å²) in [6.45, 7) is 4.07. The number of halogens is 1. The molecule has 146 valence electrons. The van der Waals surface area contributed by atoms with E-state index in [4.69, 9.17) is 16.3 Å². The fraction of sp³-hybridized carbons (Fsp3) is 0.381. The molecular weight excluding hydrogens is 382 g/mol. The number of hydrogen-bond donors (Lipinski definition) is 1. The van der Waals surface area contributed by atoms with Crippen molar-refractivity contribution < 1.29 is 9.84 Å². The number of benzene rings is 2. The molecule has 0 aliphatic heterocycles. The van der Waals surface area contributed by atoms with Crippen LogP contribution in [-0.2, 0) is 0 Å². The van der Waals surface area contributed by atoms with Gasteiger partial charge < -0.3 is 14.7 Å². The zero-order valence-electron chi connectivity index (χ0n) is 16.4. The maximum absolute atomic E-state index is 12.8. The third kappa shape index (κ3) is 5.20. The lowest BCUT2D eigenvalue weighted by atomic mass is 10.1. The Labute approximate surface area is 169 Å². The molecule has 0 saturated carbocycles. The smallest absolute Gasteiger partial charge is 0.196 e. The van der Waals surface area contributed by atoms with Gasteiger partial charge in [-0.2, -0.15) is 0 Å². The molecule has 0 amide bonds. The molecule has 4 nitrogen and oxygen atoms in total. The third-order valence-electron chi connectivity index (χ3n) is 3.99. The highest BCUT2D eigenvalue weighted by Gasteiger charge is 2.14. The van der Waals surface area contributed by atoms with Crippen LogP contribution in [-0.4, -0.2) is 49.7 Å². The second-order valence-electron chi connectivity index (χ2n) is 6.89. The number of rotatable bonds is 4. The molecule has 1 aromatic heterocycles. The topological polar surface area (TPSA) is 49.8 Å². The SMILES string of the molecule is CN(C)C.Cc1c(OCC(O)CCl)cc2c(=O)c3ccccc3sc2c1C. The molecule has 2 aromatic carbocycles.